The molecule has 0 saturated carbocycles. The third kappa shape index (κ3) is 5.90. The first-order valence-electron chi connectivity index (χ1n) is 5.80. The van der Waals surface area contributed by atoms with Gasteiger partial charge >= 0.3 is 0 Å². The summed E-state index contributed by atoms with van der Waals surface area (Å²) in [6.07, 6.45) is 3.96. The second-order valence-corrected chi connectivity index (χ2v) is 5.49. The van der Waals surface area contributed by atoms with E-state index < -0.39 is 0 Å². The lowest BCUT2D eigenvalue weighted by Crippen LogP contribution is -2.15. The molecule has 1 heterocycles. The summed E-state index contributed by atoms with van der Waals surface area (Å²) in [6, 6.07) is 0. The zero-order chi connectivity index (χ0) is 11.1. The first kappa shape index (κ1) is 12.7. The van der Waals surface area contributed by atoms with E-state index in [1.165, 1.54) is 25.0 Å². The summed E-state index contributed by atoms with van der Waals surface area (Å²) in [7, 11) is 0. The predicted molar refractivity (Wildman–Crippen MR) is 67.2 cm³/mol. The normalized spacial score (nSPS) is 11.2. The van der Waals surface area contributed by atoms with Crippen molar-refractivity contribution in [3.05, 3.63) is 16.1 Å². The standard InChI is InChI=1S/C12H22N2S/c1-10(2)6-4-5-7-13-8-12-9-15-11(3)14-12/h9-10,13H,4-8H2,1-3H3. The SMILES string of the molecule is Cc1nc(CNCCCCC(C)C)cs1. The molecule has 86 valence electrons. The zero-order valence-electron chi connectivity index (χ0n) is 10.0. The van der Waals surface area contributed by atoms with Crippen LogP contribution in [0.5, 0.6) is 0 Å². The lowest BCUT2D eigenvalue weighted by molar-refractivity contribution is 0.519. The van der Waals surface area contributed by atoms with Gasteiger partial charge in [-0.05, 0) is 25.8 Å². The third-order valence-corrected chi connectivity index (χ3v) is 3.18. The maximum absolute atomic E-state index is 4.41. The number of aromatic nitrogens is 1. The largest absolute Gasteiger partial charge is 0.311 e. The van der Waals surface area contributed by atoms with Crippen molar-refractivity contribution in [2.45, 2.75) is 46.6 Å². The molecule has 0 amide bonds. The summed E-state index contributed by atoms with van der Waals surface area (Å²) in [5.41, 5.74) is 1.18. The quantitative estimate of drug-likeness (QED) is 0.721. The molecule has 15 heavy (non-hydrogen) atoms. The Labute approximate surface area is 97.1 Å². The van der Waals surface area contributed by atoms with Crippen LogP contribution in [0.25, 0.3) is 0 Å². The van der Waals surface area contributed by atoms with Crippen molar-refractivity contribution in [1.82, 2.24) is 10.3 Å². The molecule has 0 aliphatic heterocycles. The Morgan fingerprint density at radius 3 is 2.80 bits per heavy atom. The summed E-state index contributed by atoms with van der Waals surface area (Å²) in [5.74, 6) is 0.839. The fraction of sp³-hybridized carbons (Fsp3) is 0.750. The van der Waals surface area contributed by atoms with Crippen LogP contribution in [0, 0.1) is 12.8 Å². The van der Waals surface area contributed by atoms with E-state index in [0.29, 0.717) is 0 Å². The molecule has 1 aromatic rings. The van der Waals surface area contributed by atoms with Gasteiger partial charge in [-0.2, -0.15) is 0 Å². The maximum atomic E-state index is 4.41. The number of hydrogen-bond donors (Lipinski definition) is 1. The van der Waals surface area contributed by atoms with Crippen molar-refractivity contribution in [1.29, 1.82) is 0 Å². The third-order valence-electron chi connectivity index (χ3n) is 2.36. The molecule has 0 spiro atoms. The van der Waals surface area contributed by atoms with E-state index in [1.54, 1.807) is 11.3 Å². The molecule has 0 aliphatic carbocycles. The Balaban J connectivity index is 1.98. The van der Waals surface area contributed by atoms with Crippen molar-refractivity contribution in [3.8, 4) is 0 Å². The van der Waals surface area contributed by atoms with Gasteiger partial charge in [0.2, 0.25) is 0 Å². The van der Waals surface area contributed by atoms with Gasteiger partial charge in [0.1, 0.15) is 0 Å². The van der Waals surface area contributed by atoms with Crippen LogP contribution in [0.15, 0.2) is 5.38 Å². The Morgan fingerprint density at radius 1 is 1.40 bits per heavy atom. The van der Waals surface area contributed by atoms with Gasteiger partial charge in [-0.3, -0.25) is 0 Å². The van der Waals surface area contributed by atoms with Crippen molar-refractivity contribution < 1.29 is 0 Å². The van der Waals surface area contributed by atoms with E-state index in [0.717, 1.165) is 24.0 Å². The molecule has 3 heteroatoms. The molecule has 0 aliphatic rings. The van der Waals surface area contributed by atoms with Gasteiger partial charge in [0.05, 0.1) is 10.7 Å². The predicted octanol–water partition coefficient (Wildman–Crippen LogP) is 3.37. The fourth-order valence-electron chi connectivity index (χ4n) is 1.51. The summed E-state index contributed by atoms with van der Waals surface area (Å²) in [5, 5.41) is 6.73. The van der Waals surface area contributed by atoms with Crippen LogP contribution in [-0.4, -0.2) is 11.5 Å². The number of hydrogen-bond acceptors (Lipinski definition) is 3. The fourth-order valence-corrected chi connectivity index (χ4v) is 2.12. The van der Waals surface area contributed by atoms with E-state index in [-0.39, 0.29) is 0 Å². The summed E-state index contributed by atoms with van der Waals surface area (Å²) in [6.45, 7) is 8.66. The molecule has 0 saturated heterocycles. The van der Waals surface area contributed by atoms with E-state index in [4.69, 9.17) is 0 Å². The smallest absolute Gasteiger partial charge is 0.0897 e. The monoisotopic (exact) mass is 226 g/mol. The van der Waals surface area contributed by atoms with Crippen LogP contribution in [0.1, 0.15) is 43.8 Å². The van der Waals surface area contributed by atoms with Gasteiger partial charge in [-0.1, -0.05) is 26.7 Å². The van der Waals surface area contributed by atoms with E-state index in [9.17, 15) is 0 Å². The second-order valence-electron chi connectivity index (χ2n) is 4.42. The number of nitrogens with one attached hydrogen (secondary N) is 1. The highest BCUT2D eigenvalue weighted by molar-refractivity contribution is 7.09. The molecule has 1 N–H and O–H groups in total. The molecule has 0 atom stereocenters. The molecular weight excluding hydrogens is 204 g/mol. The molecule has 0 radical (unpaired) electrons. The van der Waals surface area contributed by atoms with Crippen molar-refractivity contribution in [3.63, 3.8) is 0 Å². The first-order valence-corrected chi connectivity index (χ1v) is 6.68. The molecule has 0 aromatic carbocycles. The second kappa shape index (κ2) is 6.96. The minimum Gasteiger partial charge on any atom is -0.311 e. The average Bonchev–Trinajstić information content (AvgIpc) is 2.57. The topological polar surface area (TPSA) is 24.9 Å². The van der Waals surface area contributed by atoms with E-state index in [1.807, 2.05) is 0 Å². The van der Waals surface area contributed by atoms with Crippen LogP contribution in [0.3, 0.4) is 0 Å². The molecule has 0 unspecified atom stereocenters. The lowest BCUT2D eigenvalue weighted by atomic mass is 10.1. The van der Waals surface area contributed by atoms with Gasteiger partial charge in [-0.15, -0.1) is 11.3 Å². The van der Waals surface area contributed by atoms with Gasteiger partial charge in [-0.25, -0.2) is 4.98 Å². The zero-order valence-corrected chi connectivity index (χ0v) is 10.9. The molecule has 1 aromatic heterocycles. The molecule has 1 rings (SSSR count). The first-order chi connectivity index (χ1) is 7.18. The Kier molecular flexibility index (Phi) is 5.88. The molecule has 0 bridgehead atoms. The van der Waals surface area contributed by atoms with Crippen molar-refractivity contribution in [2.75, 3.05) is 6.54 Å². The van der Waals surface area contributed by atoms with Crippen LogP contribution in [0.2, 0.25) is 0 Å². The summed E-state index contributed by atoms with van der Waals surface area (Å²) >= 11 is 1.73. The molecular formula is C12H22N2S. The Morgan fingerprint density at radius 2 is 2.20 bits per heavy atom. The van der Waals surface area contributed by atoms with Crippen LogP contribution in [-0.2, 0) is 6.54 Å². The van der Waals surface area contributed by atoms with Gasteiger partial charge < -0.3 is 5.32 Å². The summed E-state index contributed by atoms with van der Waals surface area (Å²) in [4.78, 5) is 4.41. The highest BCUT2D eigenvalue weighted by Crippen LogP contribution is 2.08. The number of aryl methyl sites for hydroxylation is 1. The number of thiazole rings is 1. The van der Waals surface area contributed by atoms with Crippen LogP contribution < -0.4 is 5.32 Å². The number of unbranched alkanes of at least 4 members (excludes halogenated alkanes) is 1. The van der Waals surface area contributed by atoms with Crippen LogP contribution in [0.4, 0.5) is 0 Å². The van der Waals surface area contributed by atoms with Crippen molar-refractivity contribution in [2.24, 2.45) is 5.92 Å². The number of nitrogens with zero attached hydrogens (tertiary/aromatic N) is 1. The summed E-state index contributed by atoms with van der Waals surface area (Å²) < 4.78 is 0. The molecule has 0 fully saturated rings. The van der Waals surface area contributed by atoms with E-state index in [2.05, 4.69) is 36.5 Å². The highest BCUT2D eigenvalue weighted by Gasteiger charge is 1.97. The Bertz CT molecular complexity index is 268. The number of rotatable bonds is 7. The van der Waals surface area contributed by atoms with Gasteiger partial charge in [0.15, 0.2) is 0 Å². The van der Waals surface area contributed by atoms with E-state index >= 15 is 0 Å². The minimum absolute atomic E-state index is 0.839. The average molecular weight is 226 g/mol. The highest BCUT2D eigenvalue weighted by atomic mass is 32.1. The Hall–Kier alpha value is -0.410. The maximum Gasteiger partial charge on any atom is 0.0897 e. The molecule has 2 nitrogen and oxygen atoms in total. The minimum atomic E-state index is 0.839. The lowest BCUT2D eigenvalue weighted by Gasteiger charge is -2.04. The van der Waals surface area contributed by atoms with Gasteiger partial charge in [0.25, 0.3) is 0 Å². The van der Waals surface area contributed by atoms with Crippen molar-refractivity contribution >= 4 is 11.3 Å². The van der Waals surface area contributed by atoms with Gasteiger partial charge in [0, 0.05) is 11.9 Å². The van der Waals surface area contributed by atoms with Crippen LogP contribution >= 0.6 is 11.3 Å².